The van der Waals surface area contributed by atoms with E-state index in [1.807, 2.05) is 32.0 Å². The fraction of sp³-hybridized carbons (Fsp3) is 0.100. The largest absolute Gasteiger partial charge is 0.339 e. The minimum absolute atomic E-state index is 0.232. The molecule has 0 bridgehead atoms. The first-order chi connectivity index (χ1) is 12.0. The second-order valence-corrected chi connectivity index (χ2v) is 6.19. The number of carbonyl (C=O) groups is 1. The van der Waals surface area contributed by atoms with Crippen LogP contribution in [0.25, 0.3) is 0 Å². The van der Waals surface area contributed by atoms with Gasteiger partial charge in [0.05, 0.1) is 5.56 Å². The molecule has 3 rings (SSSR count). The highest BCUT2D eigenvalue weighted by Gasteiger charge is 2.14. The number of anilines is 3. The summed E-state index contributed by atoms with van der Waals surface area (Å²) in [6.45, 7) is 4.04. The molecule has 5 heteroatoms. The van der Waals surface area contributed by atoms with Crippen LogP contribution >= 0.6 is 11.6 Å². The number of para-hydroxylation sites is 1. The Labute approximate surface area is 151 Å². The molecule has 3 aromatic rings. The van der Waals surface area contributed by atoms with Crippen LogP contribution in [0, 0.1) is 13.8 Å². The second-order valence-electron chi connectivity index (χ2n) is 5.75. The van der Waals surface area contributed by atoms with Gasteiger partial charge in [0.15, 0.2) is 0 Å². The number of hydrogen-bond donors (Lipinski definition) is 2. The summed E-state index contributed by atoms with van der Waals surface area (Å²) in [6.07, 6.45) is 1.66. The van der Waals surface area contributed by atoms with E-state index < -0.39 is 0 Å². The third-order valence-electron chi connectivity index (χ3n) is 3.88. The van der Waals surface area contributed by atoms with Crippen molar-refractivity contribution in [3.8, 4) is 0 Å². The van der Waals surface area contributed by atoms with Crippen LogP contribution in [-0.2, 0) is 0 Å². The number of amides is 1. The van der Waals surface area contributed by atoms with Crippen molar-refractivity contribution in [3.05, 3.63) is 82.5 Å². The van der Waals surface area contributed by atoms with Crippen LogP contribution in [0.4, 0.5) is 17.2 Å². The number of aromatic nitrogens is 1. The fourth-order valence-corrected chi connectivity index (χ4v) is 2.68. The van der Waals surface area contributed by atoms with E-state index in [0.29, 0.717) is 22.1 Å². The number of pyridine rings is 1. The minimum atomic E-state index is -0.232. The number of halogens is 1. The third kappa shape index (κ3) is 3.98. The van der Waals surface area contributed by atoms with Crippen LogP contribution in [0.1, 0.15) is 21.5 Å². The normalized spacial score (nSPS) is 10.4. The quantitative estimate of drug-likeness (QED) is 0.666. The van der Waals surface area contributed by atoms with Crippen molar-refractivity contribution in [1.29, 1.82) is 0 Å². The summed E-state index contributed by atoms with van der Waals surface area (Å²) < 4.78 is 0. The Kier molecular flexibility index (Phi) is 5.00. The molecule has 0 saturated heterocycles. The van der Waals surface area contributed by atoms with Crippen LogP contribution in [0.3, 0.4) is 0 Å². The van der Waals surface area contributed by atoms with Crippen LogP contribution in [0.2, 0.25) is 5.02 Å². The summed E-state index contributed by atoms with van der Waals surface area (Å²) in [6, 6.07) is 16.5. The summed E-state index contributed by atoms with van der Waals surface area (Å²) in [5.74, 6) is 0.288. The molecule has 126 valence electrons. The highest BCUT2D eigenvalue weighted by molar-refractivity contribution is 6.30. The van der Waals surface area contributed by atoms with E-state index in [2.05, 4.69) is 15.6 Å². The molecule has 0 unspecified atom stereocenters. The number of hydrogen-bond acceptors (Lipinski definition) is 3. The molecule has 4 nitrogen and oxygen atoms in total. The smallest absolute Gasteiger partial charge is 0.259 e. The molecule has 2 aromatic carbocycles. The summed E-state index contributed by atoms with van der Waals surface area (Å²) >= 11 is 5.88. The lowest BCUT2D eigenvalue weighted by Crippen LogP contribution is -2.15. The SMILES string of the molecule is Cc1cccc(C)c1Nc1ncccc1C(=O)Nc1ccc(Cl)cc1. The molecule has 0 atom stereocenters. The summed E-state index contributed by atoms with van der Waals surface area (Å²) in [5.41, 5.74) is 4.29. The van der Waals surface area contributed by atoms with Crippen molar-refractivity contribution in [2.75, 3.05) is 10.6 Å². The zero-order valence-electron chi connectivity index (χ0n) is 14.0. The van der Waals surface area contributed by atoms with Gasteiger partial charge in [0, 0.05) is 22.6 Å². The van der Waals surface area contributed by atoms with Gasteiger partial charge >= 0.3 is 0 Å². The van der Waals surface area contributed by atoms with Crippen molar-refractivity contribution < 1.29 is 4.79 Å². The van der Waals surface area contributed by atoms with Crippen LogP contribution in [0.15, 0.2) is 60.8 Å². The Morgan fingerprint density at radius 3 is 2.32 bits per heavy atom. The monoisotopic (exact) mass is 351 g/mol. The van der Waals surface area contributed by atoms with Crippen LogP contribution < -0.4 is 10.6 Å². The fourth-order valence-electron chi connectivity index (χ4n) is 2.55. The van der Waals surface area contributed by atoms with Crippen molar-refractivity contribution in [2.45, 2.75) is 13.8 Å². The molecule has 1 heterocycles. The predicted molar refractivity (Wildman–Crippen MR) is 103 cm³/mol. The zero-order chi connectivity index (χ0) is 17.8. The van der Waals surface area contributed by atoms with Crippen molar-refractivity contribution >= 4 is 34.7 Å². The molecule has 1 amide bonds. The molecule has 25 heavy (non-hydrogen) atoms. The number of nitrogens with one attached hydrogen (secondary N) is 2. The van der Waals surface area contributed by atoms with Gasteiger partial charge in [0.1, 0.15) is 5.82 Å². The first-order valence-corrected chi connectivity index (χ1v) is 8.27. The van der Waals surface area contributed by atoms with E-state index in [0.717, 1.165) is 16.8 Å². The van der Waals surface area contributed by atoms with E-state index in [4.69, 9.17) is 11.6 Å². The highest BCUT2D eigenvalue weighted by atomic mass is 35.5. The average molecular weight is 352 g/mol. The van der Waals surface area contributed by atoms with Gasteiger partial charge in [-0.1, -0.05) is 29.8 Å². The Hall–Kier alpha value is -2.85. The van der Waals surface area contributed by atoms with Crippen molar-refractivity contribution in [2.24, 2.45) is 0 Å². The van der Waals surface area contributed by atoms with Gasteiger partial charge in [-0.25, -0.2) is 4.98 Å². The van der Waals surface area contributed by atoms with Gasteiger partial charge < -0.3 is 10.6 Å². The number of benzene rings is 2. The van der Waals surface area contributed by atoms with Gasteiger partial charge in [-0.3, -0.25) is 4.79 Å². The summed E-state index contributed by atoms with van der Waals surface area (Å²) in [5, 5.41) is 6.78. The number of aryl methyl sites for hydroxylation is 2. The Bertz CT molecular complexity index is 887. The molecular formula is C20H18ClN3O. The van der Waals surface area contributed by atoms with Gasteiger partial charge in [-0.15, -0.1) is 0 Å². The second kappa shape index (κ2) is 7.36. The number of rotatable bonds is 4. The number of nitrogens with zero attached hydrogens (tertiary/aromatic N) is 1. The topological polar surface area (TPSA) is 54.0 Å². The number of carbonyl (C=O) groups excluding carboxylic acids is 1. The van der Waals surface area contributed by atoms with Gasteiger partial charge in [-0.05, 0) is 61.4 Å². The van der Waals surface area contributed by atoms with E-state index in [-0.39, 0.29) is 5.91 Å². The Morgan fingerprint density at radius 2 is 1.64 bits per heavy atom. The van der Waals surface area contributed by atoms with E-state index >= 15 is 0 Å². The molecule has 0 saturated carbocycles. The summed E-state index contributed by atoms with van der Waals surface area (Å²) in [7, 11) is 0. The molecule has 2 N–H and O–H groups in total. The van der Waals surface area contributed by atoms with Crippen LogP contribution in [-0.4, -0.2) is 10.9 Å². The summed E-state index contributed by atoms with van der Waals surface area (Å²) in [4.78, 5) is 17.0. The zero-order valence-corrected chi connectivity index (χ0v) is 14.8. The first kappa shape index (κ1) is 17.0. The van der Waals surface area contributed by atoms with Gasteiger partial charge in [0.25, 0.3) is 5.91 Å². The minimum Gasteiger partial charge on any atom is -0.339 e. The van der Waals surface area contributed by atoms with Crippen LogP contribution in [0.5, 0.6) is 0 Å². The maximum Gasteiger partial charge on any atom is 0.259 e. The lowest BCUT2D eigenvalue weighted by Gasteiger charge is -2.15. The Morgan fingerprint density at radius 1 is 0.960 bits per heavy atom. The van der Waals surface area contributed by atoms with Crippen molar-refractivity contribution in [1.82, 2.24) is 4.98 Å². The van der Waals surface area contributed by atoms with Crippen molar-refractivity contribution in [3.63, 3.8) is 0 Å². The lowest BCUT2D eigenvalue weighted by atomic mass is 10.1. The van der Waals surface area contributed by atoms with E-state index in [1.165, 1.54) is 0 Å². The molecule has 0 aliphatic rings. The maximum atomic E-state index is 12.7. The first-order valence-electron chi connectivity index (χ1n) is 7.90. The Balaban J connectivity index is 1.88. The maximum absolute atomic E-state index is 12.7. The third-order valence-corrected chi connectivity index (χ3v) is 4.13. The van der Waals surface area contributed by atoms with Gasteiger partial charge in [-0.2, -0.15) is 0 Å². The standard InChI is InChI=1S/C20H18ClN3O/c1-13-5-3-6-14(2)18(13)24-19-17(7-4-12-22-19)20(25)23-16-10-8-15(21)9-11-16/h3-12H,1-2H3,(H,22,24)(H,23,25). The van der Waals surface area contributed by atoms with Gasteiger partial charge in [0.2, 0.25) is 0 Å². The molecule has 1 aromatic heterocycles. The highest BCUT2D eigenvalue weighted by Crippen LogP contribution is 2.25. The lowest BCUT2D eigenvalue weighted by molar-refractivity contribution is 0.102. The molecule has 0 radical (unpaired) electrons. The molecule has 0 aliphatic carbocycles. The average Bonchev–Trinajstić information content (AvgIpc) is 2.60. The molecule has 0 fully saturated rings. The molecule has 0 aliphatic heterocycles. The molecule has 0 spiro atoms. The predicted octanol–water partition coefficient (Wildman–Crippen LogP) is 5.35. The van der Waals surface area contributed by atoms with E-state index in [9.17, 15) is 4.79 Å². The molecular weight excluding hydrogens is 334 g/mol. The van der Waals surface area contributed by atoms with E-state index in [1.54, 1.807) is 42.6 Å².